The van der Waals surface area contributed by atoms with Gasteiger partial charge in [0.1, 0.15) is 0 Å². The number of hydrogen-bond donors (Lipinski definition) is 0. The highest BCUT2D eigenvalue weighted by Crippen LogP contribution is 2.43. The Morgan fingerprint density at radius 3 is 2.61 bits per heavy atom. The summed E-state index contributed by atoms with van der Waals surface area (Å²) in [5.41, 5.74) is 1.47. The highest BCUT2D eigenvalue weighted by molar-refractivity contribution is 5.20. The summed E-state index contributed by atoms with van der Waals surface area (Å²) in [7, 11) is 2.19. The van der Waals surface area contributed by atoms with E-state index in [0.29, 0.717) is 5.92 Å². The molecule has 0 bridgehead atoms. The van der Waals surface area contributed by atoms with E-state index in [1.807, 2.05) is 0 Å². The minimum atomic E-state index is -0.290. The van der Waals surface area contributed by atoms with Crippen molar-refractivity contribution in [3.8, 4) is 0 Å². The maximum absolute atomic E-state index is 6.36. The van der Waals surface area contributed by atoms with Gasteiger partial charge in [0.2, 0.25) is 0 Å². The Hall–Kier alpha value is -0.900. The lowest BCUT2D eigenvalue weighted by Crippen LogP contribution is -2.37. The Morgan fingerprint density at radius 2 is 1.91 bits per heavy atom. The van der Waals surface area contributed by atoms with Crippen LogP contribution in [0.1, 0.15) is 56.9 Å². The average Bonchev–Trinajstić information content (AvgIpc) is 2.97. The third-order valence-corrected chi connectivity index (χ3v) is 5.34. The number of hydrogen-bond acceptors (Lipinski definition) is 3. The molecule has 1 saturated carbocycles. The topological polar surface area (TPSA) is 21.7 Å². The zero-order valence-electron chi connectivity index (χ0n) is 14.7. The van der Waals surface area contributed by atoms with E-state index in [9.17, 15) is 0 Å². The summed E-state index contributed by atoms with van der Waals surface area (Å²) in [6.07, 6.45) is 7.14. The van der Waals surface area contributed by atoms with Crippen LogP contribution < -0.4 is 0 Å². The lowest BCUT2D eigenvalue weighted by atomic mass is 9.81. The summed E-state index contributed by atoms with van der Waals surface area (Å²) >= 11 is 0. The monoisotopic (exact) mass is 317 g/mol. The highest BCUT2D eigenvalue weighted by atomic mass is 16.7. The quantitative estimate of drug-likeness (QED) is 0.785. The van der Waals surface area contributed by atoms with Crippen LogP contribution in [-0.4, -0.2) is 43.5 Å². The number of benzene rings is 1. The third kappa shape index (κ3) is 4.34. The van der Waals surface area contributed by atoms with Gasteiger partial charge in [-0.05, 0) is 44.3 Å². The van der Waals surface area contributed by atoms with Crippen molar-refractivity contribution in [2.75, 3.05) is 26.7 Å². The zero-order chi connectivity index (χ0) is 16.1. The molecule has 0 amide bonds. The van der Waals surface area contributed by atoms with Crippen molar-refractivity contribution in [3.63, 3.8) is 0 Å². The molecule has 1 aliphatic heterocycles. The lowest BCUT2D eigenvalue weighted by Gasteiger charge is -2.36. The van der Waals surface area contributed by atoms with Crippen LogP contribution in [0.15, 0.2) is 30.3 Å². The van der Waals surface area contributed by atoms with E-state index in [-0.39, 0.29) is 11.9 Å². The van der Waals surface area contributed by atoms with Crippen molar-refractivity contribution >= 4 is 0 Å². The van der Waals surface area contributed by atoms with E-state index in [2.05, 4.69) is 49.2 Å². The third-order valence-electron chi connectivity index (χ3n) is 5.34. The summed E-state index contributed by atoms with van der Waals surface area (Å²) < 4.78 is 12.5. The van der Waals surface area contributed by atoms with E-state index < -0.39 is 0 Å². The van der Waals surface area contributed by atoms with Crippen LogP contribution in [0.25, 0.3) is 0 Å². The smallest absolute Gasteiger partial charge is 0.169 e. The summed E-state index contributed by atoms with van der Waals surface area (Å²) in [5.74, 6) is 0.377. The number of rotatable bonds is 6. The fourth-order valence-electron chi connectivity index (χ4n) is 3.95. The highest BCUT2D eigenvalue weighted by Gasteiger charge is 2.44. The minimum absolute atomic E-state index is 0.241. The molecule has 2 fully saturated rings. The van der Waals surface area contributed by atoms with Gasteiger partial charge in [0.15, 0.2) is 5.79 Å². The van der Waals surface area contributed by atoms with E-state index in [4.69, 9.17) is 9.47 Å². The van der Waals surface area contributed by atoms with Gasteiger partial charge in [0, 0.05) is 19.4 Å². The van der Waals surface area contributed by atoms with Crippen molar-refractivity contribution in [2.24, 2.45) is 0 Å². The van der Waals surface area contributed by atoms with Crippen molar-refractivity contribution in [3.05, 3.63) is 35.9 Å². The molecule has 3 heteroatoms. The molecule has 1 spiro atoms. The number of ether oxygens (including phenoxy) is 2. The van der Waals surface area contributed by atoms with Crippen LogP contribution >= 0.6 is 0 Å². The van der Waals surface area contributed by atoms with E-state index in [1.54, 1.807) is 0 Å². The molecule has 3 nitrogen and oxygen atoms in total. The molecule has 0 N–H and O–H groups in total. The maximum Gasteiger partial charge on any atom is 0.169 e. The second-order valence-electron chi connectivity index (χ2n) is 7.26. The molecule has 0 aromatic heterocycles. The fraction of sp³-hybridized carbons (Fsp3) is 0.700. The molecule has 1 aromatic carbocycles. The normalized spacial score (nSPS) is 31.1. The van der Waals surface area contributed by atoms with Crippen LogP contribution in [0, 0.1) is 0 Å². The van der Waals surface area contributed by atoms with Crippen LogP contribution in [0.4, 0.5) is 0 Å². The molecule has 0 radical (unpaired) electrons. The van der Waals surface area contributed by atoms with Gasteiger partial charge in [-0.1, -0.05) is 43.7 Å². The van der Waals surface area contributed by atoms with Crippen LogP contribution in [0.2, 0.25) is 0 Å². The Balaban J connectivity index is 1.47. The second-order valence-corrected chi connectivity index (χ2v) is 7.26. The zero-order valence-corrected chi connectivity index (χ0v) is 14.7. The molecular weight excluding hydrogens is 286 g/mol. The second kappa shape index (κ2) is 7.78. The summed E-state index contributed by atoms with van der Waals surface area (Å²) in [4.78, 5) is 2.38. The van der Waals surface area contributed by atoms with Crippen LogP contribution in [0.5, 0.6) is 0 Å². The number of nitrogens with zero attached hydrogens (tertiary/aromatic N) is 1. The molecule has 1 heterocycles. The van der Waals surface area contributed by atoms with Gasteiger partial charge in [-0.3, -0.25) is 0 Å². The molecule has 2 aliphatic rings. The van der Waals surface area contributed by atoms with Gasteiger partial charge in [-0.25, -0.2) is 0 Å². The molecule has 23 heavy (non-hydrogen) atoms. The first-order valence-corrected chi connectivity index (χ1v) is 9.26. The van der Waals surface area contributed by atoms with Gasteiger partial charge in [0.05, 0.1) is 12.7 Å². The van der Waals surface area contributed by atoms with Crippen molar-refractivity contribution in [1.29, 1.82) is 0 Å². The fourth-order valence-corrected chi connectivity index (χ4v) is 3.95. The Kier molecular flexibility index (Phi) is 5.73. The van der Waals surface area contributed by atoms with Crippen molar-refractivity contribution in [2.45, 2.75) is 63.3 Å². The molecule has 1 aromatic rings. The molecule has 1 saturated heterocycles. The molecule has 3 rings (SSSR count). The van der Waals surface area contributed by atoms with Crippen LogP contribution in [0.3, 0.4) is 0 Å². The Morgan fingerprint density at radius 1 is 1.17 bits per heavy atom. The maximum atomic E-state index is 6.36. The summed E-state index contributed by atoms with van der Waals surface area (Å²) in [6.45, 7) is 5.14. The predicted octanol–water partition coefficient (Wildman–Crippen LogP) is 4.19. The van der Waals surface area contributed by atoms with Crippen molar-refractivity contribution < 1.29 is 9.47 Å². The van der Waals surface area contributed by atoms with E-state index in [1.165, 1.54) is 31.2 Å². The molecule has 1 aliphatic carbocycles. The molecular formula is C20H31NO2. The van der Waals surface area contributed by atoms with Crippen LogP contribution in [-0.2, 0) is 9.47 Å². The lowest BCUT2D eigenvalue weighted by molar-refractivity contribution is -0.190. The Bertz CT molecular complexity index is 468. The molecule has 1 atom stereocenters. The van der Waals surface area contributed by atoms with Gasteiger partial charge in [-0.15, -0.1) is 0 Å². The first-order chi connectivity index (χ1) is 11.2. The minimum Gasteiger partial charge on any atom is -0.347 e. The summed E-state index contributed by atoms with van der Waals surface area (Å²) in [6, 6.07) is 10.9. The van der Waals surface area contributed by atoms with Gasteiger partial charge in [0.25, 0.3) is 0 Å². The van der Waals surface area contributed by atoms with Crippen molar-refractivity contribution in [1.82, 2.24) is 4.90 Å². The molecule has 1 unspecified atom stereocenters. The van der Waals surface area contributed by atoms with E-state index in [0.717, 1.165) is 32.5 Å². The largest absolute Gasteiger partial charge is 0.347 e. The first kappa shape index (κ1) is 16.9. The summed E-state index contributed by atoms with van der Waals surface area (Å²) in [5, 5.41) is 0. The van der Waals surface area contributed by atoms with Gasteiger partial charge in [-0.2, -0.15) is 0 Å². The van der Waals surface area contributed by atoms with Gasteiger partial charge >= 0.3 is 0 Å². The average molecular weight is 317 g/mol. The van der Waals surface area contributed by atoms with E-state index >= 15 is 0 Å². The first-order valence-electron chi connectivity index (χ1n) is 9.26. The Labute approximate surface area is 141 Å². The molecule has 128 valence electrons. The number of unbranched alkanes of at least 4 members (excludes halogenated alkanes) is 1. The predicted molar refractivity (Wildman–Crippen MR) is 93.6 cm³/mol. The van der Waals surface area contributed by atoms with Gasteiger partial charge < -0.3 is 14.4 Å². The standard InChI is InChI=1S/C20H31NO2/c1-3-4-14-21(2)15-19-16-22-20(23-19)12-10-18(11-13-20)17-8-6-5-7-9-17/h5-9,18-19H,3-4,10-16H2,1-2H3. The SMILES string of the molecule is CCCCN(C)CC1COC2(CCC(c3ccccc3)CC2)O1. The number of likely N-dealkylation sites (N-methyl/N-ethyl adjacent to an activating group) is 1.